The second kappa shape index (κ2) is 7.00. The molecule has 0 spiro atoms. The van der Waals surface area contributed by atoms with E-state index in [-0.39, 0.29) is 23.7 Å². The van der Waals surface area contributed by atoms with Crippen molar-refractivity contribution in [3.63, 3.8) is 0 Å². The molecule has 0 bridgehead atoms. The van der Waals surface area contributed by atoms with Gasteiger partial charge in [0, 0.05) is 37.9 Å². The van der Waals surface area contributed by atoms with Crippen LogP contribution in [-0.4, -0.2) is 21.8 Å². The molecule has 6 nitrogen and oxygen atoms in total. The summed E-state index contributed by atoms with van der Waals surface area (Å²) in [4.78, 5) is 32.0. The molecular formula is C17H18N4O2. The Balaban J connectivity index is 1.41. The Kier molecular flexibility index (Phi) is 4.61. The summed E-state index contributed by atoms with van der Waals surface area (Å²) < 4.78 is 0. The van der Waals surface area contributed by atoms with Crippen LogP contribution in [0.25, 0.3) is 0 Å². The van der Waals surface area contributed by atoms with Gasteiger partial charge in [-0.3, -0.25) is 19.6 Å². The third kappa shape index (κ3) is 4.12. The van der Waals surface area contributed by atoms with E-state index in [0.29, 0.717) is 19.5 Å². The van der Waals surface area contributed by atoms with Gasteiger partial charge in [0.15, 0.2) is 0 Å². The van der Waals surface area contributed by atoms with Gasteiger partial charge in [0.05, 0.1) is 11.8 Å². The minimum atomic E-state index is -0.214. The molecule has 1 fully saturated rings. The molecular weight excluding hydrogens is 292 g/mol. The quantitative estimate of drug-likeness (QED) is 0.835. The lowest BCUT2D eigenvalue weighted by Gasteiger charge is -2.06. The second-order valence-electron chi connectivity index (χ2n) is 5.60. The van der Waals surface area contributed by atoms with Crippen LogP contribution in [-0.2, 0) is 22.7 Å². The zero-order chi connectivity index (χ0) is 16.1. The lowest BCUT2D eigenvalue weighted by atomic mass is 10.2. The van der Waals surface area contributed by atoms with Crippen molar-refractivity contribution in [3.8, 4) is 0 Å². The molecule has 0 aromatic carbocycles. The summed E-state index contributed by atoms with van der Waals surface area (Å²) in [6, 6.07) is 7.41. The number of hydrogen-bond donors (Lipinski definition) is 2. The smallest absolute Gasteiger partial charge is 0.224 e. The van der Waals surface area contributed by atoms with E-state index in [2.05, 4.69) is 20.6 Å². The van der Waals surface area contributed by atoms with Gasteiger partial charge >= 0.3 is 0 Å². The van der Waals surface area contributed by atoms with E-state index < -0.39 is 0 Å². The molecule has 1 saturated carbocycles. The molecule has 2 aromatic rings. The molecule has 0 saturated heterocycles. The highest BCUT2D eigenvalue weighted by atomic mass is 16.2. The van der Waals surface area contributed by atoms with Crippen molar-refractivity contribution in [2.24, 2.45) is 11.8 Å². The Bertz CT molecular complexity index is 616. The third-order valence-electron chi connectivity index (χ3n) is 3.90. The van der Waals surface area contributed by atoms with Gasteiger partial charge in [-0.2, -0.15) is 0 Å². The first-order chi connectivity index (χ1) is 11.2. The largest absolute Gasteiger partial charge is 0.352 e. The number of amides is 2. The van der Waals surface area contributed by atoms with Gasteiger partial charge in [-0.1, -0.05) is 0 Å². The first kappa shape index (κ1) is 15.1. The van der Waals surface area contributed by atoms with E-state index in [0.717, 1.165) is 11.1 Å². The maximum absolute atomic E-state index is 12.1. The van der Waals surface area contributed by atoms with E-state index in [4.69, 9.17) is 0 Å². The van der Waals surface area contributed by atoms with E-state index >= 15 is 0 Å². The summed E-state index contributed by atoms with van der Waals surface area (Å²) in [7, 11) is 0. The average Bonchev–Trinajstić information content (AvgIpc) is 3.40. The Labute approximate surface area is 134 Å². The van der Waals surface area contributed by atoms with Gasteiger partial charge in [0.2, 0.25) is 11.8 Å². The molecule has 1 aliphatic carbocycles. The summed E-state index contributed by atoms with van der Waals surface area (Å²) in [5.74, 6) is -0.555. The molecule has 0 aliphatic heterocycles. The van der Waals surface area contributed by atoms with Crippen LogP contribution in [0.4, 0.5) is 0 Å². The van der Waals surface area contributed by atoms with Crippen molar-refractivity contribution < 1.29 is 9.59 Å². The summed E-state index contributed by atoms with van der Waals surface area (Å²) in [6.45, 7) is 0.923. The average molecular weight is 310 g/mol. The molecule has 2 aromatic heterocycles. The number of rotatable bonds is 6. The zero-order valence-electron chi connectivity index (χ0n) is 12.6. The van der Waals surface area contributed by atoms with Gasteiger partial charge in [0.25, 0.3) is 0 Å². The molecule has 2 unspecified atom stereocenters. The zero-order valence-corrected chi connectivity index (χ0v) is 12.6. The van der Waals surface area contributed by atoms with Crippen LogP contribution < -0.4 is 10.6 Å². The van der Waals surface area contributed by atoms with Crippen LogP contribution in [0.15, 0.2) is 49.1 Å². The number of carbonyl (C=O) groups is 2. The van der Waals surface area contributed by atoms with Crippen LogP contribution in [0.5, 0.6) is 0 Å². The molecule has 3 rings (SSSR count). The van der Waals surface area contributed by atoms with E-state index in [1.807, 2.05) is 24.3 Å². The molecule has 1 aliphatic rings. The fourth-order valence-electron chi connectivity index (χ4n) is 2.42. The molecule has 2 N–H and O–H groups in total. The van der Waals surface area contributed by atoms with Gasteiger partial charge < -0.3 is 10.6 Å². The van der Waals surface area contributed by atoms with Crippen LogP contribution in [0, 0.1) is 11.8 Å². The standard InChI is InChI=1S/C17H18N4O2/c22-16(20-10-12-1-5-18-6-2-12)14-9-15(14)17(23)21-11-13-3-7-19-8-4-13/h1-8,14-15H,9-11H2,(H,20,22)(H,21,23). The van der Waals surface area contributed by atoms with Crippen LogP contribution >= 0.6 is 0 Å². The Morgan fingerprint density at radius 1 is 0.826 bits per heavy atom. The van der Waals surface area contributed by atoms with Crippen LogP contribution in [0.1, 0.15) is 17.5 Å². The highest BCUT2D eigenvalue weighted by Crippen LogP contribution is 2.38. The van der Waals surface area contributed by atoms with Crippen molar-refractivity contribution in [2.75, 3.05) is 0 Å². The van der Waals surface area contributed by atoms with E-state index in [1.54, 1.807) is 24.8 Å². The van der Waals surface area contributed by atoms with Crippen molar-refractivity contribution >= 4 is 11.8 Å². The highest BCUT2D eigenvalue weighted by molar-refractivity contribution is 5.92. The van der Waals surface area contributed by atoms with E-state index in [9.17, 15) is 9.59 Å². The first-order valence-electron chi connectivity index (χ1n) is 7.57. The number of carbonyl (C=O) groups excluding carboxylic acids is 2. The molecule has 2 heterocycles. The van der Waals surface area contributed by atoms with Crippen molar-refractivity contribution in [1.82, 2.24) is 20.6 Å². The topological polar surface area (TPSA) is 84.0 Å². The number of nitrogens with one attached hydrogen (secondary N) is 2. The molecule has 2 atom stereocenters. The van der Waals surface area contributed by atoms with Crippen molar-refractivity contribution in [2.45, 2.75) is 19.5 Å². The Morgan fingerprint density at radius 2 is 1.22 bits per heavy atom. The van der Waals surface area contributed by atoms with Crippen molar-refractivity contribution in [3.05, 3.63) is 60.2 Å². The number of pyridine rings is 2. The Morgan fingerprint density at radius 3 is 1.61 bits per heavy atom. The van der Waals surface area contributed by atoms with Gasteiger partial charge in [-0.25, -0.2) is 0 Å². The van der Waals surface area contributed by atoms with Gasteiger partial charge in [-0.05, 0) is 41.8 Å². The fourth-order valence-corrected chi connectivity index (χ4v) is 2.42. The molecule has 23 heavy (non-hydrogen) atoms. The molecule has 0 radical (unpaired) electrons. The van der Waals surface area contributed by atoms with Crippen molar-refractivity contribution in [1.29, 1.82) is 0 Å². The van der Waals surface area contributed by atoms with E-state index in [1.165, 1.54) is 0 Å². The second-order valence-corrected chi connectivity index (χ2v) is 5.60. The normalized spacial score (nSPS) is 19.0. The van der Waals surface area contributed by atoms with Gasteiger partial charge in [0.1, 0.15) is 0 Å². The van der Waals surface area contributed by atoms with Gasteiger partial charge in [-0.15, -0.1) is 0 Å². The number of hydrogen-bond acceptors (Lipinski definition) is 4. The predicted octanol–water partition coefficient (Wildman–Crippen LogP) is 1.05. The van der Waals surface area contributed by atoms with Crippen LogP contribution in [0.3, 0.4) is 0 Å². The molecule has 118 valence electrons. The SMILES string of the molecule is O=C(NCc1ccncc1)C1CC1C(=O)NCc1ccncc1. The lowest BCUT2D eigenvalue weighted by Crippen LogP contribution is -2.29. The Hall–Kier alpha value is -2.76. The first-order valence-corrected chi connectivity index (χ1v) is 7.57. The monoisotopic (exact) mass is 310 g/mol. The predicted molar refractivity (Wildman–Crippen MR) is 83.8 cm³/mol. The molecule has 6 heteroatoms. The summed E-state index contributed by atoms with van der Waals surface area (Å²) in [5, 5.41) is 5.73. The minimum Gasteiger partial charge on any atom is -0.352 e. The number of aromatic nitrogens is 2. The summed E-state index contributed by atoms with van der Waals surface area (Å²) in [5.41, 5.74) is 1.99. The number of nitrogens with zero attached hydrogens (tertiary/aromatic N) is 2. The van der Waals surface area contributed by atoms with Crippen LogP contribution in [0.2, 0.25) is 0 Å². The fraction of sp³-hybridized carbons (Fsp3) is 0.294. The highest BCUT2D eigenvalue weighted by Gasteiger charge is 2.47. The lowest BCUT2D eigenvalue weighted by molar-refractivity contribution is -0.127. The third-order valence-corrected chi connectivity index (χ3v) is 3.90. The maximum atomic E-state index is 12.1. The maximum Gasteiger partial charge on any atom is 0.224 e. The summed E-state index contributed by atoms with van der Waals surface area (Å²) >= 11 is 0. The molecule has 2 amide bonds. The minimum absolute atomic E-state index is 0.0640. The summed E-state index contributed by atoms with van der Waals surface area (Å²) in [6.07, 6.45) is 7.37.